The Labute approximate surface area is 239 Å². The molecule has 0 spiro atoms. The minimum absolute atomic E-state index is 0.149. The van der Waals surface area contributed by atoms with Crippen LogP contribution in [0.25, 0.3) is 0 Å². The Morgan fingerprint density at radius 3 is 2.48 bits per heavy atom. The number of nitrogens with zero attached hydrogens (tertiary/aromatic N) is 1. The highest BCUT2D eigenvalue weighted by Gasteiger charge is 2.38. The van der Waals surface area contributed by atoms with E-state index in [-0.39, 0.29) is 16.7 Å². The largest absolute Gasteiger partial charge is 0.481 e. The highest BCUT2D eigenvalue weighted by atomic mass is 32.2. The molecule has 0 atom stereocenters. The fraction of sp³-hybridized carbons (Fsp3) is 0.406. The first kappa shape index (κ1) is 31.3. The second-order valence-electron chi connectivity index (χ2n) is 11.4. The van der Waals surface area contributed by atoms with Crippen molar-refractivity contribution < 1.29 is 28.2 Å². The lowest BCUT2D eigenvalue weighted by Gasteiger charge is -2.28. The predicted octanol–water partition coefficient (Wildman–Crippen LogP) is 5.86. The Morgan fingerprint density at radius 1 is 1.12 bits per heavy atom. The molecule has 8 heteroatoms. The number of quaternary nitrogens is 1. The number of carboxylic acid groups (broad SMARTS) is 1. The van der Waals surface area contributed by atoms with Crippen LogP contribution < -0.4 is 10.2 Å². The van der Waals surface area contributed by atoms with Gasteiger partial charge in [-0.2, -0.15) is 8.42 Å². The summed E-state index contributed by atoms with van der Waals surface area (Å²) in [5.41, 5.74) is 5.34. The third-order valence-electron chi connectivity index (χ3n) is 7.92. The van der Waals surface area contributed by atoms with Gasteiger partial charge in [0.2, 0.25) is 0 Å². The number of allylic oxidation sites excluding steroid dienone is 5. The summed E-state index contributed by atoms with van der Waals surface area (Å²) < 4.78 is 33.6. The average molecular weight is 568 g/mol. The minimum Gasteiger partial charge on any atom is -0.481 e. The molecular formula is C32H43N2O5S+. The number of hydrogen-bond acceptors (Lipinski definition) is 4. The van der Waals surface area contributed by atoms with Crippen LogP contribution in [0.4, 0.5) is 11.4 Å². The first-order valence-corrected chi connectivity index (χ1v) is 15.3. The molecule has 1 aliphatic heterocycles. The number of rotatable bonds is 13. The summed E-state index contributed by atoms with van der Waals surface area (Å²) >= 11 is 0. The Bertz CT molecular complexity index is 1420. The zero-order valence-electron chi connectivity index (χ0n) is 24.3. The monoisotopic (exact) mass is 567 g/mol. The number of nitrogens with two attached hydrogens (primary N) is 1. The van der Waals surface area contributed by atoms with Gasteiger partial charge in [0, 0.05) is 46.8 Å². The Kier molecular flexibility index (Phi) is 9.82. The summed E-state index contributed by atoms with van der Waals surface area (Å²) in [6, 6.07) is 13.1. The molecule has 216 valence electrons. The van der Waals surface area contributed by atoms with Gasteiger partial charge in [-0.15, -0.1) is 0 Å². The van der Waals surface area contributed by atoms with Gasteiger partial charge < -0.3 is 15.3 Å². The van der Waals surface area contributed by atoms with Gasteiger partial charge >= 0.3 is 5.97 Å². The fourth-order valence-corrected chi connectivity index (χ4v) is 5.90. The first-order chi connectivity index (χ1) is 18.7. The number of aliphatic carboxylic acids is 1. The first-order valence-electron chi connectivity index (χ1n) is 13.8. The molecule has 2 aromatic carbocycles. The van der Waals surface area contributed by atoms with Gasteiger partial charge in [-0.25, -0.2) is 0 Å². The molecule has 0 unspecified atom stereocenters. The number of benzene rings is 2. The predicted molar refractivity (Wildman–Crippen MR) is 161 cm³/mol. The maximum atomic E-state index is 12.0. The zero-order valence-corrected chi connectivity index (χ0v) is 25.1. The van der Waals surface area contributed by atoms with Crippen LogP contribution in [-0.2, 0) is 25.7 Å². The topological polar surface area (TPSA) is 112 Å². The van der Waals surface area contributed by atoms with Gasteiger partial charge in [-0.3, -0.25) is 9.35 Å². The molecule has 0 amide bonds. The van der Waals surface area contributed by atoms with Crippen LogP contribution in [0.3, 0.4) is 0 Å². The van der Waals surface area contributed by atoms with Crippen molar-refractivity contribution in [2.45, 2.75) is 76.0 Å². The molecule has 4 N–H and O–H groups in total. The molecule has 2 aromatic rings. The molecule has 0 aliphatic carbocycles. The van der Waals surface area contributed by atoms with Crippen molar-refractivity contribution >= 4 is 27.5 Å². The summed E-state index contributed by atoms with van der Waals surface area (Å²) in [7, 11) is -4.38. The summed E-state index contributed by atoms with van der Waals surface area (Å²) in [4.78, 5) is 12.9. The zero-order chi connectivity index (χ0) is 29.7. The highest BCUT2D eigenvalue weighted by molar-refractivity contribution is 7.85. The van der Waals surface area contributed by atoms with E-state index in [4.69, 9.17) is 5.11 Å². The maximum absolute atomic E-state index is 12.0. The number of likely N-dealkylation sites (N-methyl/N-ethyl adjacent to an activating group) is 1. The molecule has 7 nitrogen and oxygen atoms in total. The third kappa shape index (κ3) is 6.92. The average Bonchev–Trinajstić information content (AvgIpc) is 3.11. The van der Waals surface area contributed by atoms with Gasteiger partial charge in [0.1, 0.15) is 5.69 Å². The molecule has 0 bridgehead atoms. The van der Waals surface area contributed by atoms with Crippen LogP contribution in [0, 0.1) is 0 Å². The van der Waals surface area contributed by atoms with Crippen LogP contribution >= 0.6 is 0 Å². The van der Waals surface area contributed by atoms with Crippen LogP contribution in [0.15, 0.2) is 83.4 Å². The van der Waals surface area contributed by atoms with E-state index in [1.807, 2.05) is 31.3 Å². The van der Waals surface area contributed by atoms with Crippen molar-refractivity contribution in [2.24, 2.45) is 0 Å². The summed E-state index contributed by atoms with van der Waals surface area (Å²) in [5.74, 6) is -0.792. The minimum atomic E-state index is -4.38. The Balaban J connectivity index is 1.86. The van der Waals surface area contributed by atoms with Crippen LogP contribution in [-0.4, -0.2) is 37.1 Å². The van der Waals surface area contributed by atoms with E-state index >= 15 is 0 Å². The lowest BCUT2D eigenvalue weighted by atomic mass is 9.77. The van der Waals surface area contributed by atoms with Gasteiger partial charge in [0.05, 0.1) is 11.4 Å². The van der Waals surface area contributed by atoms with Crippen molar-refractivity contribution in [3.63, 3.8) is 0 Å². The maximum Gasteiger partial charge on any atom is 0.303 e. The number of carbonyl (C=O) groups is 1. The molecule has 1 aliphatic rings. The fourth-order valence-electron chi connectivity index (χ4n) is 5.39. The lowest BCUT2D eigenvalue weighted by molar-refractivity contribution is -0.572. The van der Waals surface area contributed by atoms with E-state index in [1.165, 1.54) is 29.1 Å². The smallest absolute Gasteiger partial charge is 0.303 e. The second kappa shape index (κ2) is 12.5. The number of unbranched alkanes of at least 4 members (excludes halogenated alkanes) is 2. The molecule has 0 radical (unpaired) electrons. The van der Waals surface area contributed by atoms with Crippen molar-refractivity contribution in [1.29, 1.82) is 0 Å². The summed E-state index contributed by atoms with van der Waals surface area (Å²) in [6.45, 7) is 16.5. The standard InChI is InChI=1S/C32H42N2O5S/c1-7-34-28-16-11-10-15-25(28)32(5,6)29(34)17-13-14-23(2)31(3,4)26-22-24(40(37,38)39)19-20-27(26)33-21-12-8-9-18-30(35)36/h10-11,13-17,19-20,22,33H,2,7-9,12,18,21H2,1,3-6H3,(H,35,36)(H,37,38,39)/p+1/b14-13+,29-17+. The number of carboxylic acids is 1. The van der Waals surface area contributed by atoms with E-state index < -0.39 is 21.5 Å². The van der Waals surface area contributed by atoms with Crippen LogP contribution in [0.2, 0.25) is 0 Å². The molecule has 0 saturated carbocycles. The van der Waals surface area contributed by atoms with Crippen molar-refractivity contribution in [3.8, 4) is 0 Å². The highest BCUT2D eigenvalue weighted by Crippen LogP contribution is 2.47. The van der Waals surface area contributed by atoms with Gasteiger partial charge in [0.15, 0.2) is 0 Å². The molecule has 40 heavy (non-hydrogen) atoms. The van der Waals surface area contributed by atoms with Crippen LogP contribution in [0.5, 0.6) is 0 Å². The van der Waals surface area contributed by atoms with E-state index in [0.29, 0.717) is 6.42 Å². The number of para-hydroxylation sites is 1. The van der Waals surface area contributed by atoms with Crippen molar-refractivity contribution in [3.05, 3.63) is 89.7 Å². The van der Waals surface area contributed by atoms with E-state index in [2.05, 4.69) is 62.6 Å². The quantitative estimate of drug-likeness (QED) is 0.121. The summed E-state index contributed by atoms with van der Waals surface area (Å²) in [6.07, 6.45) is 8.51. The molecule has 0 fully saturated rings. The molecule has 0 saturated heterocycles. The van der Waals surface area contributed by atoms with E-state index in [0.717, 1.165) is 42.8 Å². The molecule has 1 heterocycles. The van der Waals surface area contributed by atoms with E-state index in [9.17, 15) is 17.8 Å². The number of fused-ring (bicyclic) bond motifs is 1. The van der Waals surface area contributed by atoms with Gasteiger partial charge in [-0.1, -0.05) is 64.6 Å². The molecule has 0 aromatic heterocycles. The Hall–Kier alpha value is -3.20. The van der Waals surface area contributed by atoms with Crippen molar-refractivity contribution in [1.82, 2.24) is 0 Å². The van der Waals surface area contributed by atoms with Gasteiger partial charge in [-0.05, 0) is 61.6 Å². The van der Waals surface area contributed by atoms with Crippen molar-refractivity contribution in [2.75, 3.05) is 18.0 Å². The Morgan fingerprint density at radius 2 is 1.82 bits per heavy atom. The lowest BCUT2D eigenvalue weighted by Crippen LogP contribution is -2.78. The number of hydrogen-bond donors (Lipinski definition) is 3. The number of anilines is 1. The van der Waals surface area contributed by atoms with Gasteiger partial charge in [0.25, 0.3) is 10.1 Å². The second-order valence-corrected chi connectivity index (χ2v) is 12.8. The molecular weight excluding hydrogens is 524 g/mol. The normalized spacial score (nSPS) is 16.1. The molecule has 3 rings (SSSR count). The van der Waals surface area contributed by atoms with E-state index in [1.54, 1.807) is 6.07 Å². The third-order valence-corrected chi connectivity index (χ3v) is 8.77. The van der Waals surface area contributed by atoms with Crippen LogP contribution in [0.1, 0.15) is 71.4 Å². The SMILES string of the molecule is C=C(/C=C/C=C1/N(CC)c2ccccc2C1(C)C)C(C)(C)c1cc(S(=O)(=O)O)ccc1[NH2+]CCCCCC(=O)O. The summed E-state index contributed by atoms with van der Waals surface area (Å²) in [5, 5.41) is 10.9.